The third-order valence-corrected chi connectivity index (χ3v) is 4.54. The fraction of sp³-hybridized carbons (Fsp3) is 0.867. The molecule has 2 saturated heterocycles. The zero-order valence-electron chi connectivity index (χ0n) is 13.3. The molecule has 2 amide bonds. The average molecular weight is 297 g/mol. The van der Waals surface area contributed by atoms with Gasteiger partial charge in [-0.2, -0.15) is 0 Å². The second-order valence-electron chi connectivity index (χ2n) is 6.04. The molecule has 0 aromatic rings. The molecule has 2 aliphatic heterocycles. The van der Waals surface area contributed by atoms with Gasteiger partial charge in [-0.25, -0.2) is 0 Å². The molecule has 1 N–H and O–H groups in total. The highest BCUT2D eigenvalue weighted by molar-refractivity contribution is 5.95. The van der Waals surface area contributed by atoms with Gasteiger partial charge in [0.25, 0.3) is 0 Å². The number of carbonyl (C=O) groups is 2. The summed E-state index contributed by atoms with van der Waals surface area (Å²) in [6.07, 6.45) is 0.875. The van der Waals surface area contributed by atoms with Gasteiger partial charge in [0.15, 0.2) is 0 Å². The van der Waals surface area contributed by atoms with Crippen molar-refractivity contribution in [2.24, 2.45) is 5.92 Å². The molecule has 6 heteroatoms. The van der Waals surface area contributed by atoms with Crippen molar-refractivity contribution in [1.82, 2.24) is 15.1 Å². The van der Waals surface area contributed by atoms with Crippen molar-refractivity contribution in [2.75, 3.05) is 39.3 Å². The minimum absolute atomic E-state index is 0.00568. The zero-order chi connectivity index (χ0) is 15.4. The van der Waals surface area contributed by atoms with Crippen LogP contribution in [0.3, 0.4) is 0 Å². The molecule has 2 aliphatic rings. The van der Waals surface area contributed by atoms with Crippen molar-refractivity contribution in [2.45, 2.75) is 39.3 Å². The SMILES string of the molecule is CCC(C)C1NC(=O)CN(CC2CN(CC)CCO2)C1=O. The highest BCUT2D eigenvalue weighted by atomic mass is 16.5. The molecular weight excluding hydrogens is 270 g/mol. The number of nitrogens with one attached hydrogen (secondary N) is 1. The van der Waals surface area contributed by atoms with Crippen molar-refractivity contribution in [1.29, 1.82) is 0 Å². The molecular formula is C15H27N3O3. The number of ether oxygens (including phenoxy) is 1. The first kappa shape index (κ1) is 16.2. The van der Waals surface area contributed by atoms with Gasteiger partial charge in [-0.3, -0.25) is 14.5 Å². The fourth-order valence-corrected chi connectivity index (χ4v) is 2.93. The maximum atomic E-state index is 12.5. The molecule has 0 aliphatic carbocycles. The molecule has 0 saturated carbocycles. The Labute approximate surface area is 126 Å². The Bertz CT molecular complexity index is 388. The van der Waals surface area contributed by atoms with Crippen LogP contribution in [0.1, 0.15) is 27.2 Å². The Morgan fingerprint density at radius 3 is 2.81 bits per heavy atom. The molecule has 3 atom stereocenters. The lowest BCUT2D eigenvalue weighted by molar-refractivity contribution is -0.148. The quantitative estimate of drug-likeness (QED) is 0.781. The largest absolute Gasteiger partial charge is 0.374 e. The summed E-state index contributed by atoms with van der Waals surface area (Å²) in [6.45, 7) is 10.3. The topological polar surface area (TPSA) is 61.9 Å². The standard InChI is InChI=1S/C15H27N3O3/c1-4-11(3)14-15(20)18(10-13(19)16-14)9-12-8-17(5-2)6-7-21-12/h11-12,14H,4-10H2,1-3H3,(H,16,19). The summed E-state index contributed by atoms with van der Waals surface area (Å²) < 4.78 is 5.75. The number of hydrogen-bond acceptors (Lipinski definition) is 4. The first-order valence-electron chi connectivity index (χ1n) is 7.97. The van der Waals surface area contributed by atoms with Crippen LogP contribution in [0.4, 0.5) is 0 Å². The Morgan fingerprint density at radius 1 is 1.38 bits per heavy atom. The van der Waals surface area contributed by atoms with E-state index in [-0.39, 0.29) is 36.4 Å². The van der Waals surface area contributed by atoms with Crippen molar-refractivity contribution in [3.8, 4) is 0 Å². The lowest BCUT2D eigenvalue weighted by atomic mass is 9.96. The van der Waals surface area contributed by atoms with E-state index in [0.29, 0.717) is 13.2 Å². The van der Waals surface area contributed by atoms with Gasteiger partial charge in [-0.05, 0) is 12.5 Å². The summed E-state index contributed by atoms with van der Waals surface area (Å²) in [6, 6.07) is -0.387. The molecule has 2 fully saturated rings. The van der Waals surface area contributed by atoms with E-state index in [0.717, 1.165) is 26.1 Å². The Hall–Kier alpha value is -1.14. The van der Waals surface area contributed by atoms with Gasteiger partial charge in [0.05, 0.1) is 19.3 Å². The second kappa shape index (κ2) is 7.22. The van der Waals surface area contributed by atoms with E-state index >= 15 is 0 Å². The maximum Gasteiger partial charge on any atom is 0.245 e. The van der Waals surface area contributed by atoms with Gasteiger partial charge >= 0.3 is 0 Å². The first-order chi connectivity index (χ1) is 10.0. The number of nitrogens with zero attached hydrogens (tertiary/aromatic N) is 2. The van der Waals surface area contributed by atoms with Crippen LogP contribution >= 0.6 is 0 Å². The molecule has 0 aromatic heterocycles. The van der Waals surface area contributed by atoms with Crippen LogP contribution in [0.2, 0.25) is 0 Å². The Morgan fingerprint density at radius 2 is 2.14 bits per heavy atom. The molecule has 0 radical (unpaired) electrons. The van der Waals surface area contributed by atoms with Gasteiger partial charge in [0.1, 0.15) is 6.04 Å². The fourth-order valence-electron chi connectivity index (χ4n) is 2.93. The molecule has 2 heterocycles. The van der Waals surface area contributed by atoms with E-state index in [4.69, 9.17) is 4.74 Å². The van der Waals surface area contributed by atoms with Gasteiger partial charge in [-0.15, -0.1) is 0 Å². The number of rotatable bonds is 5. The van der Waals surface area contributed by atoms with Crippen molar-refractivity contribution in [3.63, 3.8) is 0 Å². The van der Waals surface area contributed by atoms with Crippen LogP contribution in [-0.2, 0) is 14.3 Å². The monoisotopic (exact) mass is 297 g/mol. The van der Waals surface area contributed by atoms with E-state index in [1.807, 2.05) is 13.8 Å². The van der Waals surface area contributed by atoms with E-state index in [9.17, 15) is 9.59 Å². The van der Waals surface area contributed by atoms with E-state index in [2.05, 4.69) is 17.1 Å². The third kappa shape index (κ3) is 3.95. The number of likely N-dealkylation sites (N-methyl/N-ethyl adjacent to an activating group) is 1. The van der Waals surface area contributed by atoms with Gasteiger partial charge in [-0.1, -0.05) is 27.2 Å². The number of hydrogen-bond donors (Lipinski definition) is 1. The summed E-state index contributed by atoms with van der Waals surface area (Å²) in [5.41, 5.74) is 0. The van der Waals surface area contributed by atoms with Crippen molar-refractivity contribution >= 4 is 11.8 Å². The molecule has 21 heavy (non-hydrogen) atoms. The predicted molar refractivity (Wildman–Crippen MR) is 79.8 cm³/mol. The molecule has 120 valence electrons. The molecule has 0 bridgehead atoms. The molecule has 6 nitrogen and oxygen atoms in total. The van der Waals surface area contributed by atoms with Crippen LogP contribution in [0.15, 0.2) is 0 Å². The van der Waals surface area contributed by atoms with Crippen LogP contribution < -0.4 is 5.32 Å². The number of carbonyl (C=O) groups excluding carboxylic acids is 2. The van der Waals surface area contributed by atoms with Crippen LogP contribution in [0.5, 0.6) is 0 Å². The van der Waals surface area contributed by atoms with Crippen LogP contribution in [0, 0.1) is 5.92 Å². The minimum atomic E-state index is -0.387. The summed E-state index contributed by atoms with van der Waals surface area (Å²) in [5, 5.41) is 2.82. The average Bonchev–Trinajstić information content (AvgIpc) is 2.50. The summed E-state index contributed by atoms with van der Waals surface area (Å²) in [4.78, 5) is 28.4. The van der Waals surface area contributed by atoms with E-state index < -0.39 is 0 Å². The molecule has 0 spiro atoms. The normalized spacial score (nSPS) is 29.4. The number of morpholine rings is 1. The molecule has 3 unspecified atom stereocenters. The van der Waals surface area contributed by atoms with Gasteiger partial charge in [0, 0.05) is 19.6 Å². The zero-order valence-corrected chi connectivity index (χ0v) is 13.3. The van der Waals surface area contributed by atoms with Crippen LogP contribution in [-0.4, -0.2) is 73.1 Å². The summed E-state index contributed by atoms with van der Waals surface area (Å²) in [5.74, 6) is 0.118. The number of piperazine rings is 1. The van der Waals surface area contributed by atoms with Crippen molar-refractivity contribution in [3.05, 3.63) is 0 Å². The smallest absolute Gasteiger partial charge is 0.245 e. The summed E-state index contributed by atoms with van der Waals surface area (Å²) in [7, 11) is 0. The molecule has 2 rings (SSSR count). The highest BCUT2D eigenvalue weighted by Crippen LogP contribution is 2.16. The van der Waals surface area contributed by atoms with Crippen molar-refractivity contribution < 1.29 is 14.3 Å². The predicted octanol–water partition coefficient (Wildman–Crippen LogP) is 0.0802. The minimum Gasteiger partial charge on any atom is -0.374 e. The maximum absolute atomic E-state index is 12.5. The first-order valence-corrected chi connectivity index (χ1v) is 7.97. The van der Waals surface area contributed by atoms with Gasteiger partial charge < -0.3 is 15.0 Å². The Kier molecular flexibility index (Phi) is 5.58. The number of amides is 2. The van der Waals surface area contributed by atoms with Gasteiger partial charge in [0.2, 0.25) is 11.8 Å². The third-order valence-electron chi connectivity index (χ3n) is 4.54. The lowest BCUT2D eigenvalue weighted by Gasteiger charge is -2.39. The summed E-state index contributed by atoms with van der Waals surface area (Å²) >= 11 is 0. The lowest BCUT2D eigenvalue weighted by Crippen LogP contribution is -2.62. The van der Waals surface area contributed by atoms with E-state index in [1.54, 1.807) is 4.90 Å². The Balaban J connectivity index is 1.97. The second-order valence-corrected chi connectivity index (χ2v) is 6.04. The van der Waals surface area contributed by atoms with Crippen LogP contribution in [0.25, 0.3) is 0 Å². The highest BCUT2D eigenvalue weighted by Gasteiger charge is 2.36. The van der Waals surface area contributed by atoms with E-state index in [1.165, 1.54) is 0 Å². The molecule has 0 aromatic carbocycles.